The molecule has 3 rings (SSSR count). The largest absolute Gasteiger partial charge is 0.466 e. The fraction of sp³-hybridized carbons (Fsp3) is 0.350. The van der Waals surface area contributed by atoms with Gasteiger partial charge in [0.25, 0.3) is 5.56 Å². The van der Waals surface area contributed by atoms with Gasteiger partial charge in [0.05, 0.1) is 23.6 Å². The molecule has 3 aromatic rings. The minimum absolute atomic E-state index is 0.0243. The molecule has 0 saturated heterocycles. The number of rotatable bonds is 8. The average molecular weight is 430 g/mol. The van der Waals surface area contributed by atoms with Gasteiger partial charge in [0.1, 0.15) is 11.5 Å². The van der Waals surface area contributed by atoms with E-state index < -0.39 is 5.97 Å². The molecule has 3 heterocycles. The second kappa shape index (κ2) is 9.49. The van der Waals surface area contributed by atoms with Crippen molar-refractivity contribution < 1.29 is 14.3 Å². The highest BCUT2D eigenvalue weighted by Crippen LogP contribution is 2.27. The molecule has 0 fully saturated rings. The van der Waals surface area contributed by atoms with Crippen LogP contribution in [0.25, 0.3) is 16.5 Å². The Bertz CT molecular complexity index is 1090. The van der Waals surface area contributed by atoms with Gasteiger partial charge in [-0.2, -0.15) is 9.78 Å². The Morgan fingerprint density at radius 2 is 2.10 bits per heavy atom. The number of aromatic nitrogens is 4. The second-order valence-electron chi connectivity index (χ2n) is 6.81. The van der Waals surface area contributed by atoms with Gasteiger partial charge in [0.2, 0.25) is 11.9 Å². The summed E-state index contributed by atoms with van der Waals surface area (Å²) in [5.74, 6) is -0.215. The molecule has 30 heavy (non-hydrogen) atoms. The van der Waals surface area contributed by atoms with E-state index in [4.69, 9.17) is 4.74 Å². The number of esters is 1. The van der Waals surface area contributed by atoms with Crippen LogP contribution in [-0.4, -0.2) is 38.2 Å². The molecule has 0 radical (unpaired) electrons. The van der Waals surface area contributed by atoms with Crippen LogP contribution in [0.2, 0.25) is 0 Å². The summed E-state index contributed by atoms with van der Waals surface area (Å²) in [7, 11) is 0. The summed E-state index contributed by atoms with van der Waals surface area (Å²) in [5.41, 5.74) is 0.932. The number of nitrogens with zero attached hydrogens (tertiary/aromatic N) is 3. The Morgan fingerprint density at radius 1 is 1.30 bits per heavy atom. The van der Waals surface area contributed by atoms with Crippen molar-refractivity contribution in [3.05, 3.63) is 45.7 Å². The van der Waals surface area contributed by atoms with Gasteiger partial charge in [-0.1, -0.05) is 19.9 Å². The summed E-state index contributed by atoms with van der Waals surface area (Å²) in [6.45, 7) is 5.85. The van der Waals surface area contributed by atoms with E-state index in [9.17, 15) is 14.4 Å². The molecule has 0 aliphatic carbocycles. The highest BCUT2D eigenvalue weighted by Gasteiger charge is 2.17. The van der Waals surface area contributed by atoms with Gasteiger partial charge in [-0.15, -0.1) is 11.3 Å². The number of nitrogens with one attached hydrogen (secondary N) is 2. The molecule has 0 saturated carbocycles. The van der Waals surface area contributed by atoms with Crippen molar-refractivity contribution in [2.45, 2.75) is 39.5 Å². The molecule has 2 N–H and O–H groups in total. The van der Waals surface area contributed by atoms with Crippen molar-refractivity contribution in [2.75, 3.05) is 11.9 Å². The van der Waals surface area contributed by atoms with Crippen molar-refractivity contribution in [2.24, 2.45) is 0 Å². The highest BCUT2D eigenvalue weighted by atomic mass is 32.1. The molecule has 0 unspecified atom stereocenters. The first-order valence-corrected chi connectivity index (χ1v) is 10.5. The van der Waals surface area contributed by atoms with Crippen LogP contribution in [0.4, 0.5) is 5.82 Å². The Hall–Kier alpha value is -3.27. The molecule has 3 aromatic heterocycles. The number of anilines is 1. The van der Waals surface area contributed by atoms with Gasteiger partial charge in [-0.25, -0.2) is 4.98 Å². The number of hydrogen-bond donors (Lipinski definition) is 2. The second-order valence-corrected chi connectivity index (χ2v) is 7.75. The van der Waals surface area contributed by atoms with Crippen molar-refractivity contribution in [3.63, 3.8) is 0 Å². The van der Waals surface area contributed by atoms with Gasteiger partial charge in [-0.3, -0.25) is 19.4 Å². The molecule has 158 valence electrons. The maximum atomic E-state index is 12.4. The lowest BCUT2D eigenvalue weighted by Crippen LogP contribution is -2.20. The molecule has 0 aliphatic heterocycles. The van der Waals surface area contributed by atoms with Crippen molar-refractivity contribution in [1.29, 1.82) is 0 Å². The van der Waals surface area contributed by atoms with Crippen LogP contribution in [0.5, 0.6) is 0 Å². The van der Waals surface area contributed by atoms with Gasteiger partial charge >= 0.3 is 5.97 Å². The van der Waals surface area contributed by atoms with Gasteiger partial charge in [-0.05, 0) is 24.3 Å². The lowest BCUT2D eigenvalue weighted by Gasteiger charge is -2.10. The molecule has 0 aliphatic rings. The van der Waals surface area contributed by atoms with Crippen molar-refractivity contribution >= 4 is 29.0 Å². The van der Waals surface area contributed by atoms with E-state index in [0.717, 1.165) is 4.88 Å². The van der Waals surface area contributed by atoms with E-state index in [1.807, 2.05) is 31.4 Å². The van der Waals surface area contributed by atoms with E-state index >= 15 is 0 Å². The van der Waals surface area contributed by atoms with Crippen LogP contribution in [0.1, 0.15) is 45.2 Å². The molecule has 1 amide bonds. The third-order valence-corrected chi connectivity index (χ3v) is 5.05. The van der Waals surface area contributed by atoms with E-state index in [-0.39, 0.29) is 42.8 Å². The maximum absolute atomic E-state index is 12.4. The van der Waals surface area contributed by atoms with Crippen LogP contribution in [0, 0.1) is 0 Å². The predicted octanol–water partition coefficient (Wildman–Crippen LogP) is 3.09. The standard InChI is InChI=1S/C20H23N5O4S/c1-4-29-19(28)8-7-17(26)22-16-10-14(15-6-5-9-30-15)24-25(16)20-21-13(12(2)3)11-18(27)23-20/h5-6,9-12H,4,7-8H2,1-3H3,(H,22,26)(H,21,23,27). The Balaban J connectivity index is 1.93. The summed E-state index contributed by atoms with van der Waals surface area (Å²) in [4.78, 5) is 44.1. The average Bonchev–Trinajstić information content (AvgIpc) is 3.36. The van der Waals surface area contributed by atoms with Crippen LogP contribution >= 0.6 is 11.3 Å². The number of amides is 1. The minimum Gasteiger partial charge on any atom is -0.466 e. The molecule has 0 atom stereocenters. The summed E-state index contributed by atoms with van der Waals surface area (Å²) in [6, 6.07) is 6.95. The zero-order chi connectivity index (χ0) is 21.7. The van der Waals surface area contributed by atoms with Crippen LogP contribution in [0.15, 0.2) is 34.4 Å². The number of ether oxygens (including phenoxy) is 1. The topological polar surface area (TPSA) is 119 Å². The summed E-state index contributed by atoms with van der Waals surface area (Å²) >= 11 is 1.50. The third-order valence-electron chi connectivity index (χ3n) is 4.15. The number of H-pyrrole nitrogens is 1. The lowest BCUT2D eigenvalue weighted by atomic mass is 10.1. The van der Waals surface area contributed by atoms with Crippen molar-refractivity contribution in [1.82, 2.24) is 19.7 Å². The fourth-order valence-corrected chi connectivity index (χ4v) is 3.37. The molecule has 9 nitrogen and oxygen atoms in total. The maximum Gasteiger partial charge on any atom is 0.306 e. The molecule has 0 bridgehead atoms. The quantitative estimate of drug-likeness (QED) is 0.531. The number of aromatic amines is 1. The number of carbonyl (C=O) groups is 2. The molecule has 10 heteroatoms. The third kappa shape index (κ3) is 5.20. The predicted molar refractivity (Wildman–Crippen MR) is 114 cm³/mol. The summed E-state index contributed by atoms with van der Waals surface area (Å²) in [5, 5.41) is 9.21. The normalized spacial score (nSPS) is 10.9. The number of thiophene rings is 1. The van der Waals surface area contributed by atoms with Crippen LogP contribution < -0.4 is 10.9 Å². The molecular formula is C20H23N5O4S. The number of carbonyl (C=O) groups excluding carboxylic acids is 2. The van der Waals surface area contributed by atoms with E-state index in [2.05, 4.69) is 20.4 Å². The Kier molecular flexibility index (Phi) is 6.78. The SMILES string of the molecule is CCOC(=O)CCC(=O)Nc1cc(-c2cccs2)nn1-c1nc(C(C)C)cc(=O)[nH]1. The molecule has 0 spiro atoms. The minimum atomic E-state index is -0.434. The monoisotopic (exact) mass is 429 g/mol. The summed E-state index contributed by atoms with van der Waals surface area (Å²) in [6.07, 6.45) is -0.0577. The zero-order valence-corrected chi connectivity index (χ0v) is 17.8. The van der Waals surface area contributed by atoms with E-state index in [1.165, 1.54) is 22.1 Å². The first-order chi connectivity index (χ1) is 14.4. The van der Waals surface area contributed by atoms with Crippen molar-refractivity contribution in [3.8, 4) is 16.5 Å². The Labute approximate surface area is 177 Å². The highest BCUT2D eigenvalue weighted by molar-refractivity contribution is 7.13. The first kappa shape index (κ1) is 21.4. The van der Waals surface area contributed by atoms with E-state index in [0.29, 0.717) is 17.2 Å². The van der Waals surface area contributed by atoms with Gasteiger partial charge in [0, 0.05) is 18.6 Å². The van der Waals surface area contributed by atoms with Crippen LogP contribution in [-0.2, 0) is 14.3 Å². The first-order valence-electron chi connectivity index (χ1n) is 9.58. The molecule has 0 aromatic carbocycles. The lowest BCUT2D eigenvalue weighted by molar-refractivity contribution is -0.144. The number of hydrogen-bond acceptors (Lipinski definition) is 7. The van der Waals surface area contributed by atoms with Crippen LogP contribution in [0.3, 0.4) is 0 Å². The van der Waals surface area contributed by atoms with Gasteiger partial charge < -0.3 is 10.1 Å². The zero-order valence-electron chi connectivity index (χ0n) is 17.0. The molecular weight excluding hydrogens is 406 g/mol. The fourth-order valence-electron chi connectivity index (χ4n) is 2.69. The Morgan fingerprint density at radius 3 is 2.77 bits per heavy atom. The van der Waals surface area contributed by atoms with Gasteiger partial charge in [0.15, 0.2) is 0 Å². The summed E-state index contributed by atoms with van der Waals surface area (Å²) < 4.78 is 6.25. The van der Waals surface area contributed by atoms with E-state index in [1.54, 1.807) is 13.0 Å². The smallest absolute Gasteiger partial charge is 0.306 e.